The number of ether oxygens (including phenoxy) is 4. The fraction of sp³-hybridized carbons (Fsp3) is 0.956. The number of phosphoric ester groups is 2. The molecule has 0 aromatic carbocycles. The van der Waals surface area contributed by atoms with Crippen molar-refractivity contribution in [2.75, 3.05) is 39.6 Å². The zero-order valence-electron chi connectivity index (χ0n) is 72.4. The Bertz CT molecular complexity index is 2080. The van der Waals surface area contributed by atoms with Crippen LogP contribution in [0.25, 0.3) is 0 Å². The molecule has 110 heavy (non-hydrogen) atoms. The molecule has 0 aliphatic rings. The molecule has 0 fully saturated rings. The second kappa shape index (κ2) is 83.5. The Morgan fingerprint density at radius 1 is 0.255 bits per heavy atom. The van der Waals surface area contributed by atoms with Gasteiger partial charge in [-0.15, -0.1) is 0 Å². The van der Waals surface area contributed by atoms with Crippen LogP contribution in [0.15, 0.2) is 0 Å². The molecule has 0 amide bonds. The minimum Gasteiger partial charge on any atom is -0.462 e. The highest BCUT2D eigenvalue weighted by molar-refractivity contribution is 7.47. The van der Waals surface area contributed by atoms with E-state index in [1.165, 1.54) is 315 Å². The molecule has 0 aliphatic heterocycles. The second-order valence-electron chi connectivity index (χ2n) is 32.9. The fourth-order valence-corrected chi connectivity index (χ4v) is 15.9. The van der Waals surface area contributed by atoms with Crippen LogP contribution in [0, 0.1) is 5.92 Å². The van der Waals surface area contributed by atoms with Crippen LogP contribution in [0.4, 0.5) is 0 Å². The number of esters is 4. The van der Waals surface area contributed by atoms with E-state index in [1.807, 2.05) is 0 Å². The van der Waals surface area contributed by atoms with Gasteiger partial charge in [-0.1, -0.05) is 446 Å². The number of carbonyl (C=O) groups excluding carboxylic acids is 4. The average molecular weight is 1610 g/mol. The Balaban J connectivity index is 5.16. The van der Waals surface area contributed by atoms with Crippen LogP contribution >= 0.6 is 15.6 Å². The largest absolute Gasteiger partial charge is 0.472 e. The van der Waals surface area contributed by atoms with E-state index in [0.717, 1.165) is 102 Å². The van der Waals surface area contributed by atoms with Crippen molar-refractivity contribution in [3.63, 3.8) is 0 Å². The molecule has 0 saturated carbocycles. The first kappa shape index (κ1) is 108. The standard InChI is InChI=1S/C91H178O17P2/c1-6-10-13-16-19-22-24-26-28-30-32-34-36-38-40-42-47-51-55-60-65-70-75-89(94)102-81-87(108-91(96)76-71-66-61-56-52-48-43-41-39-37-35-33-31-29-27-25-23-20-17-14-11-7-2)83-106-110(99,100)104-79-85(92)78-103-109(97,98)105-82-86(80-101-88(93)74-69-64-59-21-18-15-12-8-3)107-90(95)77-72-67-62-57-53-49-45-44-46-50-54-58-63-68-73-84(5)9-4/h84-87,92H,6-83H2,1-5H3,(H,97,98)(H,99,100)/t84?,85-,86+,87+/m0/s1. The highest BCUT2D eigenvalue weighted by Crippen LogP contribution is 2.45. The highest BCUT2D eigenvalue weighted by atomic mass is 31.2. The number of aliphatic hydroxyl groups excluding tert-OH is 1. The van der Waals surface area contributed by atoms with Crippen molar-refractivity contribution < 1.29 is 80.2 Å². The van der Waals surface area contributed by atoms with Gasteiger partial charge in [-0.3, -0.25) is 37.3 Å². The molecule has 17 nitrogen and oxygen atoms in total. The second-order valence-corrected chi connectivity index (χ2v) is 35.8. The van der Waals surface area contributed by atoms with Gasteiger partial charge in [-0.25, -0.2) is 9.13 Å². The van der Waals surface area contributed by atoms with E-state index in [2.05, 4.69) is 34.6 Å². The van der Waals surface area contributed by atoms with Crippen molar-refractivity contribution in [1.82, 2.24) is 0 Å². The van der Waals surface area contributed by atoms with Gasteiger partial charge in [0.15, 0.2) is 12.2 Å². The van der Waals surface area contributed by atoms with Crippen molar-refractivity contribution in [1.29, 1.82) is 0 Å². The zero-order valence-corrected chi connectivity index (χ0v) is 74.2. The Kier molecular flexibility index (Phi) is 82.1. The van der Waals surface area contributed by atoms with Gasteiger partial charge in [0.1, 0.15) is 19.3 Å². The van der Waals surface area contributed by atoms with Gasteiger partial charge < -0.3 is 33.8 Å². The van der Waals surface area contributed by atoms with Crippen LogP contribution in [0.5, 0.6) is 0 Å². The quantitative estimate of drug-likeness (QED) is 0.0222. The van der Waals surface area contributed by atoms with Crippen LogP contribution in [-0.4, -0.2) is 96.7 Å². The smallest absolute Gasteiger partial charge is 0.462 e. The van der Waals surface area contributed by atoms with Gasteiger partial charge in [0.2, 0.25) is 0 Å². The van der Waals surface area contributed by atoms with Crippen LogP contribution < -0.4 is 0 Å². The molecule has 0 bridgehead atoms. The summed E-state index contributed by atoms with van der Waals surface area (Å²) >= 11 is 0. The first-order valence-electron chi connectivity index (χ1n) is 47.2. The number of carbonyl (C=O) groups is 4. The maximum Gasteiger partial charge on any atom is 0.472 e. The van der Waals surface area contributed by atoms with E-state index in [9.17, 15) is 43.2 Å². The maximum atomic E-state index is 13.2. The molecular weight excluding hydrogens is 1430 g/mol. The monoisotopic (exact) mass is 1610 g/mol. The predicted molar refractivity (Wildman–Crippen MR) is 455 cm³/mol. The molecule has 0 rings (SSSR count). The molecule has 3 unspecified atom stereocenters. The van der Waals surface area contributed by atoms with Crippen LogP contribution in [0.3, 0.4) is 0 Å². The molecule has 6 atom stereocenters. The van der Waals surface area contributed by atoms with E-state index in [1.54, 1.807) is 0 Å². The summed E-state index contributed by atoms with van der Waals surface area (Å²) in [4.78, 5) is 73.3. The summed E-state index contributed by atoms with van der Waals surface area (Å²) < 4.78 is 69.0. The summed E-state index contributed by atoms with van der Waals surface area (Å²) in [6.07, 6.45) is 79.5. The lowest BCUT2D eigenvalue weighted by Crippen LogP contribution is -2.30. The van der Waals surface area contributed by atoms with Gasteiger partial charge >= 0.3 is 39.5 Å². The minimum atomic E-state index is -4.97. The number of rotatable bonds is 91. The Hall–Kier alpha value is -1.94. The molecule has 0 saturated heterocycles. The lowest BCUT2D eigenvalue weighted by atomic mass is 9.99. The molecular formula is C91H178O17P2. The van der Waals surface area contributed by atoms with Gasteiger partial charge in [-0.2, -0.15) is 0 Å². The average Bonchev–Trinajstić information content (AvgIpc) is 0.898. The molecule has 654 valence electrons. The normalized spacial score (nSPS) is 13.9. The molecule has 0 heterocycles. The van der Waals surface area contributed by atoms with Crippen molar-refractivity contribution in [3.8, 4) is 0 Å². The maximum absolute atomic E-state index is 13.2. The molecule has 19 heteroatoms. The SMILES string of the molecule is CCCCCCCCCCCCCCCCCCCCCCCCC(=O)OC[C@H](COP(=O)(O)OC[C@@H](O)COP(=O)(O)OC[C@@H](COC(=O)CCCCCCCCCC)OC(=O)CCCCCCCCCCCCCCCCC(C)CC)OC(=O)CCCCCCCCCCCCCCCCCCCCCCCC. The molecule has 0 radical (unpaired) electrons. The van der Waals surface area contributed by atoms with Crippen LogP contribution in [0.1, 0.15) is 497 Å². The lowest BCUT2D eigenvalue weighted by Gasteiger charge is -2.21. The summed E-state index contributed by atoms with van der Waals surface area (Å²) in [5, 5.41) is 10.7. The molecule has 0 spiro atoms. The van der Waals surface area contributed by atoms with Crippen molar-refractivity contribution in [3.05, 3.63) is 0 Å². The van der Waals surface area contributed by atoms with E-state index in [-0.39, 0.29) is 25.7 Å². The zero-order chi connectivity index (χ0) is 80.4. The van der Waals surface area contributed by atoms with Crippen molar-refractivity contribution in [2.45, 2.75) is 515 Å². The number of hydrogen-bond acceptors (Lipinski definition) is 15. The molecule has 0 aliphatic carbocycles. The highest BCUT2D eigenvalue weighted by Gasteiger charge is 2.31. The van der Waals surface area contributed by atoms with Crippen molar-refractivity contribution >= 4 is 39.5 Å². The van der Waals surface area contributed by atoms with E-state index in [4.69, 9.17) is 37.0 Å². The first-order valence-corrected chi connectivity index (χ1v) is 50.2. The summed E-state index contributed by atoms with van der Waals surface area (Å²) in [7, 11) is -9.93. The summed E-state index contributed by atoms with van der Waals surface area (Å²) in [6, 6.07) is 0. The fourth-order valence-electron chi connectivity index (χ4n) is 14.3. The van der Waals surface area contributed by atoms with Crippen LogP contribution in [0.2, 0.25) is 0 Å². The summed E-state index contributed by atoms with van der Waals surface area (Å²) in [5.74, 6) is -1.25. The van der Waals surface area contributed by atoms with Crippen LogP contribution in [-0.2, 0) is 65.4 Å². The molecule has 3 N–H and O–H groups in total. The lowest BCUT2D eigenvalue weighted by molar-refractivity contribution is -0.161. The third kappa shape index (κ3) is 82.6. The predicted octanol–water partition coefficient (Wildman–Crippen LogP) is 28.3. The topological polar surface area (TPSA) is 237 Å². The summed E-state index contributed by atoms with van der Waals surface area (Å²) in [5.41, 5.74) is 0. The van der Waals surface area contributed by atoms with Crippen molar-refractivity contribution in [2.24, 2.45) is 5.92 Å². The number of phosphoric acid groups is 2. The van der Waals surface area contributed by atoms with E-state index in [0.29, 0.717) is 25.7 Å². The van der Waals surface area contributed by atoms with Gasteiger partial charge in [0.25, 0.3) is 0 Å². The van der Waals surface area contributed by atoms with Gasteiger partial charge in [-0.05, 0) is 31.6 Å². The third-order valence-electron chi connectivity index (χ3n) is 21.9. The molecule has 0 aromatic rings. The number of unbranched alkanes of at least 4 members (excludes halogenated alkanes) is 62. The molecule has 0 aromatic heterocycles. The Morgan fingerprint density at radius 3 is 0.645 bits per heavy atom. The first-order chi connectivity index (χ1) is 53.6. The summed E-state index contributed by atoms with van der Waals surface area (Å²) in [6.45, 7) is 7.41. The minimum absolute atomic E-state index is 0.108. The van der Waals surface area contributed by atoms with Gasteiger partial charge in [0.05, 0.1) is 26.4 Å². The number of aliphatic hydroxyl groups is 1. The Labute approximate surface area is 677 Å². The van der Waals surface area contributed by atoms with Gasteiger partial charge in [0, 0.05) is 25.7 Å². The number of hydrogen-bond donors (Lipinski definition) is 3. The Morgan fingerprint density at radius 2 is 0.436 bits per heavy atom. The third-order valence-corrected chi connectivity index (χ3v) is 23.8. The van der Waals surface area contributed by atoms with E-state index >= 15 is 0 Å². The van der Waals surface area contributed by atoms with E-state index < -0.39 is 97.5 Å².